The van der Waals surface area contributed by atoms with Crippen LogP contribution in [0.4, 0.5) is 0 Å². The molecule has 0 amide bonds. The normalized spacial score (nSPS) is 11.0. The lowest BCUT2D eigenvalue weighted by molar-refractivity contribution is -0.137. The fourth-order valence-electron chi connectivity index (χ4n) is 4.30. The van der Waals surface area contributed by atoms with Crippen LogP contribution in [0.25, 0.3) is 16.6 Å². The summed E-state index contributed by atoms with van der Waals surface area (Å²) < 4.78 is 8.97. The van der Waals surface area contributed by atoms with Gasteiger partial charge in [0.25, 0.3) is 0 Å². The molecule has 0 aliphatic heterocycles. The largest absolute Gasteiger partial charge is 0.481 e. The summed E-state index contributed by atoms with van der Waals surface area (Å²) in [5.41, 5.74) is 7.58. The summed E-state index contributed by atoms with van der Waals surface area (Å²) in [6, 6.07) is 15.7. The zero-order chi connectivity index (χ0) is 25.5. The molecule has 0 saturated carbocycles. The van der Waals surface area contributed by atoms with Crippen molar-refractivity contribution in [1.82, 2.24) is 14.6 Å². The number of carbonyl (C=O) groups is 1. The number of fused-ring (bicyclic) bond motifs is 1. The van der Waals surface area contributed by atoms with Gasteiger partial charge in [0, 0.05) is 40.1 Å². The molecule has 0 fully saturated rings. The highest BCUT2D eigenvalue weighted by Crippen LogP contribution is 2.34. The van der Waals surface area contributed by atoms with E-state index in [-0.39, 0.29) is 6.42 Å². The minimum Gasteiger partial charge on any atom is -0.481 e. The molecule has 0 aliphatic rings. The van der Waals surface area contributed by atoms with Crippen molar-refractivity contribution in [2.45, 2.75) is 52.2 Å². The van der Waals surface area contributed by atoms with E-state index in [1.807, 2.05) is 28.9 Å². The highest BCUT2D eigenvalue weighted by atomic mass is 79.9. The Labute approximate surface area is 218 Å². The molecule has 3 aromatic heterocycles. The number of nitrogens with zero attached hydrogens (tertiary/aromatic N) is 4. The number of rotatable bonds is 11. The first kappa shape index (κ1) is 25.5. The number of pyridine rings is 1. The maximum atomic E-state index is 11.1. The molecule has 184 valence electrons. The summed E-state index contributed by atoms with van der Waals surface area (Å²) in [6.07, 6.45) is 6.57. The van der Waals surface area contributed by atoms with Gasteiger partial charge in [-0.1, -0.05) is 19.1 Å². The van der Waals surface area contributed by atoms with Crippen LogP contribution in [0.15, 0.2) is 59.3 Å². The molecule has 3 heterocycles. The molecule has 4 aromatic rings. The Morgan fingerprint density at radius 1 is 1.14 bits per heavy atom. The summed E-state index contributed by atoms with van der Waals surface area (Å²) >= 11 is 3.55. The Morgan fingerprint density at radius 3 is 2.64 bits per heavy atom. The van der Waals surface area contributed by atoms with Gasteiger partial charge in [-0.25, -0.2) is 4.52 Å². The summed E-state index contributed by atoms with van der Waals surface area (Å²) in [5.74, 6) is -0.787. The zero-order valence-electron chi connectivity index (χ0n) is 20.1. The van der Waals surface area contributed by atoms with Crippen molar-refractivity contribution in [2.75, 3.05) is 0 Å². The fraction of sp³-hybridized carbons (Fsp3) is 0.286. The first-order valence-electron chi connectivity index (χ1n) is 11.9. The molecule has 36 heavy (non-hydrogen) atoms. The van der Waals surface area contributed by atoms with Crippen molar-refractivity contribution in [2.24, 2.45) is 0 Å². The number of ether oxygens (including phenoxy) is 1. The molecule has 0 unspecified atom stereocenters. The van der Waals surface area contributed by atoms with Gasteiger partial charge in [-0.2, -0.15) is 10.4 Å². The number of hydrogen-bond acceptors (Lipinski definition) is 5. The van der Waals surface area contributed by atoms with E-state index in [2.05, 4.69) is 46.0 Å². The first-order valence-corrected chi connectivity index (χ1v) is 12.7. The van der Waals surface area contributed by atoms with Gasteiger partial charge in [-0.3, -0.25) is 9.78 Å². The molecule has 8 heteroatoms. The molecule has 1 aromatic carbocycles. The minimum absolute atomic E-state index is 0.138. The van der Waals surface area contributed by atoms with Crippen LogP contribution in [0.1, 0.15) is 54.3 Å². The van der Waals surface area contributed by atoms with Gasteiger partial charge in [0.05, 0.1) is 36.1 Å². The average molecular weight is 547 g/mol. The number of hydrogen-bond donors (Lipinski definition) is 1. The molecule has 0 radical (unpaired) electrons. The molecular weight excluding hydrogens is 520 g/mol. The predicted molar refractivity (Wildman–Crippen MR) is 140 cm³/mol. The molecule has 0 spiro atoms. The third-order valence-electron chi connectivity index (χ3n) is 6.07. The standard InChI is InChI=1S/C28H27BrN4O3/c1-2-23-11-12-26-28(21-13-22(29)16-31-15-21)24(5-3-4-6-27(34)35)25(32-33(23)26)18-36-17-20-9-7-19(14-30)8-10-20/h7-13,15-16H,2-6,17-18H2,1H3,(H,34,35). The van der Waals surface area contributed by atoms with Crippen LogP contribution in [0.3, 0.4) is 0 Å². The van der Waals surface area contributed by atoms with Crippen LogP contribution < -0.4 is 0 Å². The number of unbranched alkanes of at least 4 members (excludes halogenated alkanes) is 1. The van der Waals surface area contributed by atoms with Crippen LogP contribution in [-0.2, 0) is 35.6 Å². The summed E-state index contributed by atoms with van der Waals surface area (Å²) in [5, 5.41) is 23.1. The fourth-order valence-corrected chi connectivity index (χ4v) is 4.67. The number of benzene rings is 1. The number of halogens is 1. The average Bonchev–Trinajstić information content (AvgIpc) is 3.29. The molecule has 0 aliphatic carbocycles. The van der Waals surface area contributed by atoms with Gasteiger partial charge >= 0.3 is 5.97 Å². The van der Waals surface area contributed by atoms with Crippen LogP contribution in [0.5, 0.6) is 0 Å². The van der Waals surface area contributed by atoms with Crippen LogP contribution in [0, 0.1) is 11.3 Å². The Bertz CT molecular complexity index is 1410. The van der Waals surface area contributed by atoms with E-state index in [0.29, 0.717) is 31.6 Å². The van der Waals surface area contributed by atoms with Crippen molar-refractivity contribution in [1.29, 1.82) is 5.26 Å². The van der Waals surface area contributed by atoms with E-state index < -0.39 is 5.97 Å². The second kappa shape index (κ2) is 11.9. The van der Waals surface area contributed by atoms with Gasteiger partial charge in [0.15, 0.2) is 0 Å². The van der Waals surface area contributed by atoms with E-state index >= 15 is 0 Å². The second-order valence-electron chi connectivity index (χ2n) is 8.57. The van der Waals surface area contributed by atoms with Crippen molar-refractivity contribution < 1.29 is 14.6 Å². The third-order valence-corrected chi connectivity index (χ3v) is 6.51. The topological polar surface area (TPSA) is 101 Å². The van der Waals surface area contributed by atoms with Crippen LogP contribution in [0.2, 0.25) is 0 Å². The lowest BCUT2D eigenvalue weighted by atomic mass is 9.95. The zero-order valence-corrected chi connectivity index (χ0v) is 21.7. The highest BCUT2D eigenvalue weighted by Gasteiger charge is 2.19. The lowest BCUT2D eigenvalue weighted by Gasteiger charge is -2.18. The summed E-state index contributed by atoms with van der Waals surface area (Å²) in [6.45, 7) is 2.80. The smallest absolute Gasteiger partial charge is 0.303 e. The van der Waals surface area contributed by atoms with Gasteiger partial charge in [-0.05, 0) is 83.1 Å². The monoisotopic (exact) mass is 546 g/mol. The van der Waals surface area contributed by atoms with E-state index in [1.54, 1.807) is 18.3 Å². The van der Waals surface area contributed by atoms with Gasteiger partial charge in [0.1, 0.15) is 0 Å². The molecule has 4 rings (SSSR count). The van der Waals surface area contributed by atoms with Crippen LogP contribution >= 0.6 is 15.9 Å². The van der Waals surface area contributed by atoms with Crippen molar-refractivity contribution in [3.63, 3.8) is 0 Å². The molecule has 7 nitrogen and oxygen atoms in total. The van der Waals surface area contributed by atoms with E-state index in [9.17, 15) is 4.79 Å². The van der Waals surface area contributed by atoms with Gasteiger partial charge < -0.3 is 9.84 Å². The van der Waals surface area contributed by atoms with Gasteiger partial charge in [-0.15, -0.1) is 0 Å². The van der Waals surface area contributed by atoms with E-state index in [0.717, 1.165) is 56.5 Å². The second-order valence-corrected chi connectivity index (χ2v) is 9.49. The van der Waals surface area contributed by atoms with Crippen LogP contribution in [-0.4, -0.2) is 25.7 Å². The first-order chi connectivity index (χ1) is 17.5. The minimum atomic E-state index is -0.787. The molecular formula is C28H27BrN4O3. The maximum Gasteiger partial charge on any atom is 0.303 e. The van der Waals surface area contributed by atoms with E-state index in [4.69, 9.17) is 20.2 Å². The van der Waals surface area contributed by atoms with Crippen molar-refractivity contribution in [3.05, 3.63) is 87.4 Å². The van der Waals surface area contributed by atoms with E-state index in [1.165, 1.54) is 0 Å². The van der Waals surface area contributed by atoms with Crippen molar-refractivity contribution in [3.8, 4) is 17.2 Å². The Morgan fingerprint density at radius 2 is 1.94 bits per heavy atom. The number of aliphatic carboxylic acids is 1. The number of carboxylic acids is 1. The number of carboxylic acid groups (broad SMARTS) is 1. The predicted octanol–water partition coefficient (Wildman–Crippen LogP) is 6.11. The Balaban J connectivity index is 1.73. The number of aryl methyl sites for hydroxylation is 1. The molecule has 0 atom stereocenters. The SMILES string of the molecule is CCc1ccc2c(-c3cncc(Br)c3)c(CCCCC(=O)O)c(COCc3ccc(C#N)cc3)nn12. The third kappa shape index (κ3) is 5.99. The number of aromatic nitrogens is 3. The summed E-state index contributed by atoms with van der Waals surface area (Å²) in [7, 11) is 0. The molecule has 1 N–H and O–H groups in total. The molecule has 0 saturated heterocycles. The quantitative estimate of drug-likeness (QED) is 0.228. The Hall–Kier alpha value is -3.54. The highest BCUT2D eigenvalue weighted by molar-refractivity contribution is 9.10. The maximum absolute atomic E-state index is 11.1. The lowest BCUT2D eigenvalue weighted by Crippen LogP contribution is -2.10. The van der Waals surface area contributed by atoms with Crippen molar-refractivity contribution >= 4 is 27.4 Å². The van der Waals surface area contributed by atoms with Gasteiger partial charge in [0.2, 0.25) is 0 Å². The molecule has 0 bridgehead atoms. The summed E-state index contributed by atoms with van der Waals surface area (Å²) in [4.78, 5) is 15.5. The number of nitriles is 1. The Kier molecular flexibility index (Phi) is 8.47.